The smallest absolute Gasteiger partial charge is 0.276 e. The molecule has 0 radical (unpaired) electrons. The summed E-state index contributed by atoms with van der Waals surface area (Å²) < 4.78 is 0. The van der Waals surface area contributed by atoms with Gasteiger partial charge >= 0.3 is 0 Å². The zero-order valence-corrected chi connectivity index (χ0v) is 13.3. The third kappa shape index (κ3) is 2.87. The van der Waals surface area contributed by atoms with Gasteiger partial charge in [0.2, 0.25) is 0 Å². The molecule has 0 spiro atoms. The summed E-state index contributed by atoms with van der Waals surface area (Å²) in [5.41, 5.74) is 1.43. The van der Waals surface area contributed by atoms with Crippen LogP contribution in [-0.2, 0) is 0 Å². The Bertz CT molecular complexity index is 1010. The van der Waals surface area contributed by atoms with E-state index in [-0.39, 0.29) is 5.91 Å². The fourth-order valence-corrected chi connectivity index (χ4v) is 3.17. The summed E-state index contributed by atoms with van der Waals surface area (Å²) in [7, 11) is 0. The molecule has 5 nitrogen and oxygen atoms in total. The van der Waals surface area contributed by atoms with Crippen LogP contribution in [0, 0.1) is 0 Å². The van der Waals surface area contributed by atoms with Crippen LogP contribution in [0.2, 0.25) is 0 Å². The van der Waals surface area contributed by atoms with Crippen LogP contribution in [0.15, 0.2) is 67.3 Å². The summed E-state index contributed by atoms with van der Waals surface area (Å²) in [4.78, 5) is 25.5. The van der Waals surface area contributed by atoms with Crippen molar-refractivity contribution < 1.29 is 4.79 Å². The van der Waals surface area contributed by atoms with Crippen molar-refractivity contribution in [3.05, 3.63) is 72.9 Å². The minimum Gasteiger partial charge on any atom is -0.296 e. The standard InChI is InChI=1S/C18H12N4OS/c23-17(15-3-1-2-7-20-15)22-18-21-11-16(24-18)13-4-5-14-10-19-8-6-12(14)9-13/h1-11H,(H,21,22,23). The number of anilines is 1. The van der Waals surface area contributed by atoms with Gasteiger partial charge < -0.3 is 0 Å². The third-order valence-corrected chi connectivity index (χ3v) is 4.51. The zero-order chi connectivity index (χ0) is 16.4. The predicted molar refractivity (Wildman–Crippen MR) is 95.0 cm³/mol. The normalized spacial score (nSPS) is 10.7. The van der Waals surface area contributed by atoms with Crippen molar-refractivity contribution >= 4 is 33.1 Å². The first kappa shape index (κ1) is 14.5. The molecule has 3 aromatic heterocycles. The SMILES string of the molecule is O=C(Nc1ncc(-c2ccc3cnccc3c2)s1)c1ccccn1. The van der Waals surface area contributed by atoms with E-state index in [1.807, 2.05) is 24.4 Å². The number of hydrogen-bond donors (Lipinski definition) is 1. The molecule has 1 amide bonds. The van der Waals surface area contributed by atoms with E-state index in [1.54, 1.807) is 36.8 Å². The Morgan fingerprint density at radius 3 is 2.79 bits per heavy atom. The van der Waals surface area contributed by atoms with E-state index in [2.05, 4.69) is 26.3 Å². The average Bonchev–Trinajstić information content (AvgIpc) is 3.10. The first-order chi connectivity index (χ1) is 11.8. The minimum absolute atomic E-state index is 0.263. The topological polar surface area (TPSA) is 67.8 Å². The number of fused-ring (bicyclic) bond motifs is 1. The first-order valence-corrected chi connectivity index (χ1v) is 8.13. The van der Waals surface area contributed by atoms with E-state index in [1.165, 1.54) is 11.3 Å². The zero-order valence-electron chi connectivity index (χ0n) is 12.5. The second-order valence-corrected chi connectivity index (χ2v) is 6.17. The van der Waals surface area contributed by atoms with Gasteiger partial charge in [0.15, 0.2) is 5.13 Å². The van der Waals surface area contributed by atoms with Crippen molar-refractivity contribution in [1.29, 1.82) is 0 Å². The Hall–Kier alpha value is -3.12. The van der Waals surface area contributed by atoms with Gasteiger partial charge in [-0.1, -0.05) is 29.5 Å². The number of rotatable bonds is 3. The number of hydrogen-bond acceptors (Lipinski definition) is 5. The highest BCUT2D eigenvalue weighted by Crippen LogP contribution is 2.31. The lowest BCUT2D eigenvalue weighted by atomic mass is 10.1. The van der Waals surface area contributed by atoms with E-state index in [4.69, 9.17) is 0 Å². The summed E-state index contributed by atoms with van der Waals surface area (Å²) in [6.45, 7) is 0. The number of carbonyl (C=O) groups excluding carboxylic acids is 1. The molecule has 0 saturated carbocycles. The van der Waals surface area contributed by atoms with Gasteiger partial charge in [0.1, 0.15) is 5.69 Å². The van der Waals surface area contributed by atoms with Gasteiger partial charge in [-0.15, -0.1) is 0 Å². The molecular formula is C18H12N4OS. The average molecular weight is 332 g/mol. The monoisotopic (exact) mass is 332 g/mol. The third-order valence-electron chi connectivity index (χ3n) is 3.55. The molecule has 0 aliphatic carbocycles. The fourth-order valence-electron chi connectivity index (χ4n) is 2.36. The molecular weight excluding hydrogens is 320 g/mol. The molecule has 0 bridgehead atoms. The van der Waals surface area contributed by atoms with E-state index >= 15 is 0 Å². The lowest BCUT2D eigenvalue weighted by Crippen LogP contribution is -2.12. The maximum Gasteiger partial charge on any atom is 0.276 e. The molecule has 0 atom stereocenters. The lowest BCUT2D eigenvalue weighted by Gasteiger charge is -2.01. The van der Waals surface area contributed by atoms with Gasteiger partial charge in [-0.05, 0) is 35.2 Å². The maximum atomic E-state index is 12.1. The lowest BCUT2D eigenvalue weighted by molar-refractivity contribution is 0.102. The number of nitrogens with one attached hydrogen (secondary N) is 1. The van der Waals surface area contributed by atoms with E-state index in [0.717, 1.165) is 21.2 Å². The Kier molecular flexibility index (Phi) is 3.72. The van der Waals surface area contributed by atoms with Crippen LogP contribution in [0.3, 0.4) is 0 Å². The van der Waals surface area contributed by atoms with Gasteiger partial charge in [-0.2, -0.15) is 0 Å². The highest BCUT2D eigenvalue weighted by atomic mass is 32.1. The van der Waals surface area contributed by atoms with Gasteiger partial charge in [0, 0.05) is 30.2 Å². The summed E-state index contributed by atoms with van der Waals surface area (Å²) in [6, 6.07) is 13.3. The van der Waals surface area contributed by atoms with Gasteiger partial charge in [-0.25, -0.2) is 4.98 Å². The molecule has 116 valence electrons. The summed E-state index contributed by atoms with van der Waals surface area (Å²) >= 11 is 1.43. The molecule has 4 rings (SSSR count). The molecule has 0 unspecified atom stereocenters. The van der Waals surface area contributed by atoms with Crippen LogP contribution in [0.4, 0.5) is 5.13 Å². The number of pyridine rings is 2. The van der Waals surface area contributed by atoms with Crippen LogP contribution < -0.4 is 5.32 Å². The molecule has 6 heteroatoms. The first-order valence-electron chi connectivity index (χ1n) is 7.32. The van der Waals surface area contributed by atoms with Crippen molar-refractivity contribution in [3.8, 4) is 10.4 Å². The van der Waals surface area contributed by atoms with Crippen molar-refractivity contribution in [1.82, 2.24) is 15.0 Å². The minimum atomic E-state index is -0.263. The molecule has 0 aliphatic rings. The van der Waals surface area contributed by atoms with Gasteiger partial charge in [0.25, 0.3) is 5.91 Å². The van der Waals surface area contributed by atoms with Crippen molar-refractivity contribution in [2.45, 2.75) is 0 Å². The second-order valence-electron chi connectivity index (χ2n) is 5.14. The number of amides is 1. The summed E-state index contributed by atoms with van der Waals surface area (Å²) in [5.74, 6) is -0.263. The molecule has 4 aromatic rings. The Labute approximate surface area is 142 Å². The molecule has 1 N–H and O–H groups in total. The Balaban J connectivity index is 1.58. The molecule has 0 aliphatic heterocycles. The summed E-state index contributed by atoms with van der Waals surface area (Å²) in [5, 5.41) is 5.55. The van der Waals surface area contributed by atoms with Crippen LogP contribution in [0.25, 0.3) is 21.2 Å². The van der Waals surface area contributed by atoms with E-state index < -0.39 is 0 Å². The van der Waals surface area contributed by atoms with Gasteiger partial charge in [-0.3, -0.25) is 20.1 Å². The quantitative estimate of drug-likeness (QED) is 0.615. The van der Waals surface area contributed by atoms with Crippen LogP contribution in [-0.4, -0.2) is 20.9 Å². The number of nitrogens with zero attached hydrogens (tertiary/aromatic N) is 3. The van der Waals surface area contributed by atoms with E-state index in [0.29, 0.717) is 10.8 Å². The fraction of sp³-hybridized carbons (Fsp3) is 0. The largest absolute Gasteiger partial charge is 0.296 e. The molecule has 0 fully saturated rings. The highest BCUT2D eigenvalue weighted by Gasteiger charge is 2.11. The van der Waals surface area contributed by atoms with Gasteiger partial charge in [0.05, 0.1) is 4.88 Å². The number of aromatic nitrogens is 3. The maximum absolute atomic E-state index is 12.1. The Morgan fingerprint density at radius 1 is 0.958 bits per heavy atom. The van der Waals surface area contributed by atoms with Crippen molar-refractivity contribution in [2.75, 3.05) is 5.32 Å². The molecule has 24 heavy (non-hydrogen) atoms. The van der Waals surface area contributed by atoms with Crippen LogP contribution >= 0.6 is 11.3 Å². The second kappa shape index (κ2) is 6.17. The molecule has 1 aromatic carbocycles. The number of carbonyl (C=O) groups is 1. The number of thiazole rings is 1. The Morgan fingerprint density at radius 2 is 1.92 bits per heavy atom. The van der Waals surface area contributed by atoms with Crippen LogP contribution in [0.5, 0.6) is 0 Å². The molecule has 0 saturated heterocycles. The van der Waals surface area contributed by atoms with Crippen molar-refractivity contribution in [3.63, 3.8) is 0 Å². The van der Waals surface area contributed by atoms with Crippen molar-refractivity contribution in [2.24, 2.45) is 0 Å². The molecule has 3 heterocycles. The number of benzene rings is 1. The summed E-state index contributed by atoms with van der Waals surface area (Å²) in [6.07, 6.45) is 6.97. The van der Waals surface area contributed by atoms with E-state index in [9.17, 15) is 4.79 Å². The van der Waals surface area contributed by atoms with Crippen LogP contribution in [0.1, 0.15) is 10.5 Å². The predicted octanol–water partition coefficient (Wildman–Crippen LogP) is 4.01. The highest BCUT2D eigenvalue weighted by molar-refractivity contribution is 7.19.